The van der Waals surface area contributed by atoms with Gasteiger partial charge in [-0.05, 0) is 24.8 Å². The van der Waals surface area contributed by atoms with Gasteiger partial charge in [0, 0.05) is 18.9 Å². The number of benzene rings is 1. The maximum atomic E-state index is 12.4. The van der Waals surface area contributed by atoms with Crippen LogP contribution in [0.15, 0.2) is 30.3 Å². The number of amides is 1. The van der Waals surface area contributed by atoms with Crippen LogP contribution in [0.2, 0.25) is 0 Å². The molecule has 3 atom stereocenters. The van der Waals surface area contributed by atoms with E-state index in [1.165, 1.54) is 4.90 Å². The minimum absolute atomic E-state index is 0. The van der Waals surface area contributed by atoms with Crippen LogP contribution in [0.5, 0.6) is 0 Å². The van der Waals surface area contributed by atoms with E-state index in [4.69, 9.17) is 10.8 Å². The molecule has 7 heteroatoms. The molecule has 1 aromatic carbocycles. The number of halogens is 1. The van der Waals surface area contributed by atoms with E-state index in [9.17, 15) is 14.4 Å². The SMILES string of the molecule is CC(CC(=O)C(N)Cc1ccccc1)C(=O)N1CCC[C@H]1C(=O)O.Cl. The Labute approximate surface area is 153 Å². The second-order valence-corrected chi connectivity index (χ2v) is 6.40. The van der Waals surface area contributed by atoms with Gasteiger partial charge in [-0.25, -0.2) is 4.79 Å². The van der Waals surface area contributed by atoms with Gasteiger partial charge in [-0.15, -0.1) is 12.4 Å². The van der Waals surface area contributed by atoms with Crippen LogP contribution in [0.1, 0.15) is 31.7 Å². The minimum Gasteiger partial charge on any atom is -0.480 e. The highest BCUT2D eigenvalue weighted by Crippen LogP contribution is 2.21. The Hall–Kier alpha value is -1.92. The van der Waals surface area contributed by atoms with Crippen molar-refractivity contribution in [2.45, 2.75) is 44.7 Å². The van der Waals surface area contributed by atoms with Gasteiger partial charge in [0.2, 0.25) is 5.91 Å². The van der Waals surface area contributed by atoms with Crippen molar-refractivity contribution in [3.8, 4) is 0 Å². The molecule has 0 spiro atoms. The molecule has 1 fully saturated rings. The molecule has 1 saturated heterocycles. The molecule has 0 radical (unpaired) electrons. The van der Waals surface area contributed by atoms with E-state index >= 15 is 0 Å². The fourth-order valence-corrected chi connectivity index (χ4v) is 3.09. The molecule has 0 aromatic heterocycles. The lowest BCUT2D eigenvalue weighted by atomic mass is 9.95. The van der Waals surface area contributed by atoms with E-state index < -0.39 is 24.0 Å². The highest BCUT2D eigenvalue weighted by molar-refractivity contribution is 5.91. The van der Waals surface area contributed by atoms with E-state index in [2.05, 4.69) is 0 Å². The number of hydrogen-bond acceptors (Lipinski definition) is 4. The van der Waals surface area contributed by atoms with Crippen LogP contribution in [0.25, 0.3) is 0 Å². The summed E-state index contributed by atoms with van der Waals surface area (Å²) < 4.78 is 0. The van der Waals surface area contributed by atoms with Crippen LogP contribution in [0, 0.1) is 5.92 Å². The first-order valence-corrected chi connectivity index (χ1v) is 8.25. The number of nitrogens with two attached hydrogens (primary N) is 1. The topological polar surface area (TPSA) is 101 Å². The number of carbonyl (C=O) groups is 3. The third-order valence-electron chi connectivity index (χ3n) is 4.46. The molecule has 1 aliphatic heterocycles. The van der Waals surface area contributed by atoms with Crippen LogP contribution in [0.3, 0.4) is 0 Å². The third kappa shape index (κ3) is 5.54. The number of carboxylic acid groups (broad SMARTS) is 1. The maximum absolute atomic E-state index is 12.4. The minimum atomic E-state index is -0.986. The zero-order valence-corrected chi connectivity index (χ0v) is 15.1. The van der Waals surface area contributed by atoms with E-state index in [1.807, 2.05) is 30.3 Å². The molecular weight excluding hydrogens is 344 g/mol. The standard InChI is InChI=1S/C18H24N2O4.ClH/c1-12(17(22)20-9-5-8-15(20)18(23)24)10-16(21)14(19)11-13-6-3-2-4-7-13;/h2-4,6-7,12,14-15H,5,8-11,19H2,1H3,(H,23,24);1H/t12?,14?,15-;/m0./s1. The van der Waals surface area contributed by atoms with Gasteiger partial charge in [-0.2, -0.15) is 0 Å². The van der Waals surface area contributed by atoms with Crippen molar-refractivity contribution in [3.63, 3.8) is 0 Å². The average molecular weight is 369 g/mol. The van der Waals surface area contributed by atoms with Gasteiger partial charge in [0.25, 0.3) is 0 Å². The Bertz CT molecular complexity index is 608. The summed E-state index contributed by atoms with van der Waals surface area (Å²) in [6.45, 7) is 2.09. The van der Waals surface area contributed by atoms with Gasteiger partial charge in [0.05, 0.1) is 6.04 Å². The summed E-state index contributed by atoms with van der Waals surface area (Å²) in [5, 5.41) is 9.17. The summed E-state index contributed by atoms with van der Waals surface area (Å²) in [6.07, 6.45) is 1.61. The first-order valence-electron chi connectivity index (χ1n) is 8.25. The predicted molar refractivity (Wildman–Crippen MR) is 96.5 cm³/mol. The van der Waals surface area contributed by atoms with E-state index in [0.29, 0.717) is 25.8 Å². The van der Waals surface area contributed by atoms with Crippen LogP contribution in [-0.2, 0) is 20.8 Å². The van der Waals surface area contributed by atoms with Crippen molar-refractivity contribution in [2.75, 3.05) is 6.54 Å². The van der Waals surface area contributed by atoms with Crippen molar-refractivity contribution in [3.05, 3.63) is 35.9 Å². The zero-order valence-electron chi connectivity index (χ0n) is 14.3. The van der Waals surface area contributed by atoms with Crippen molar-refractivity contribution in [1.82, 2.24) is 4.90 Å². The lowest BCUT2D eigenvalue weighted by molar-refractivity contribution is -0.150. The average Bonchev–Trinajstić information content (AvgIpc) is 3.04. The molecule has 2 unspecified atom stereocenters. The maximum Gasteiger partial charge on any atom is 0.326 e. The smallest absolute Gasteiger partial charge is 0.326 e. The van der Waals surface area contributed by atoms with Gasteiger partial charge in [-0.3, -0.25) is 9.59 Å². The van der Waals surface area contributed by atoms with E-state index in [-0.39, 0.29) is 30.5 Å². The third-order valence-corrected chi connectivity index (χ3v) is 4.46. The number of Topliss-reactive ketones (excluding diaryl/α,β-unsaturated/α-hetero) is 1. The van der Waals surface area contributed by atoms with E-state index in [0.717, 1.165) is 5.56 Å². The quantitative estimate of drug-likeness (QED) is 0.762. The fraction of sp³-hybridized carbons (Fsp3) is 0.500. The number of hydrogen-bond donors (Lipinski definition) is 2. The molecule has 1 amide bonds. The summed E-state index contributed by atoms with van der Waals surface area (Å²) in [4.78, 5) is 37.3. The normalized spacial score (nSPS) is 19.0. The molecular formula is C18H25ClN2O4. The zero-order chi connectivity index (χ0) is 17.7. The van der Waals surface area contributed by atoms with Crippen LogP contribution in [0.4, 0.5) is 0 Å². The summed E-state index contributed by atoms with van der Waals surface area (Å²) in [6, 6.07) is 8.06. The van der Waals surface area contributed by atoms with Crippen molar-refractivity contribution >= 4 is 30.1 Å². The Kier molecular flexibility index (Phi) is 8.06. The Balaban J connectivity index is 0.00000312. The predicted octanol–water partition coefficient (Wildman–Crippen LogP) is 1.65. The number of carbonyl (C=O) groups excluding carboxylic acids is 2. The Morgan fingerprint density at radius 1 is 1.28 bits per heavy atom. The number of ketones is 1. The fourth-order valence-electron chi connectivity index (χ4n) is 3.09. The largest absolute Gasteiger partial charge is 0.480 e. The van der Waals surface area contributed by atoms with Gasteiger partial charge in [0.1, 0.15) is 6.04 Å². The lowest BCUT2D eigenvalue weighted by Crippen LogP contribution is -2.44. The van der Waals surface area contributed by atoms with Gasteiger partial charge in [-0.1, -0.05) is 37.3 Å². The van der Waals surface area contributed by atoms with Crippen LogP contribution >= 0.6 is 12.4 Å². The Morgan fingerprint density at radius 2 is 1.92 bits per heavy atom. The molecule has 6 nitrogen and oxygen atoms in total. The number of carboxylic acids is 1. The molecule has 0 bridgehead atoms. The first kappa shape index (κ1) is 21.1. The molecule has 1 heterocycles. The van der Waals surface area contributed by atoms with Crippen LogP contribution < -0.4 is 5.73 Å². The summed E-state index contributed by atoms with van der Waals surface area (Å²) in [5.41, 5.74) is 6.93. The Morgan fingerprint density at radius 3 is 2.52 bits per heavy atom. The molecule has 25 heavy (non-hydrogen) atoms. The molecule has 0 saturated carbocycles. The van der Waals surface area contributed by atoms with Crippen molar-refractivity contribution in [2.24, 2.45) is 11.7 Å². The molecule has 1 aliphatic rings. The highest BCUT2D eigenvalue weighted by Gasteiger charge is 2.36. The van der Waals surface area contributed by atoms with Gasteiger partial charge in [0.15, 0.2) is 5.78 Å². The second kappa shape index (κ2) is 9.53. The van der Waals surface area contributed by atoms with E-state index in [1.54, 1.807) is 6.92 Å². The first-order chi connectivity index (χ1) is 11.4. The number of aliphatic carboxylic acids is 1. The number of likely N-dealkylation sites (tertiary alicyclic amines) is 1. The summed E-state index contributed by atoms with van der Waals surface area (Å²) in [7, 11) is 0. The molecule has 3 N–H and O–H groups in total. The molecule has 0 aliphatic carbocycles. The van der Waals surface area contributed by atoms with Gasteiger partial charge >= 0.3 is 5.97 Å². The summed E-state index contributed by atoms with van der Waals surface area (Å²) >= 11 is 0. The number of nitrogens with zero attached hydrogens (tertiary/aromatic N) is 1. The highest BCUT2D eigenvalue weighted by atomic mass is 35.5. The van der Waals surface area contributed by atoms with Crippen molar-refractivity contribution < 1.29 is 19.5 Å². The van der Waals surface area contributed by atoms with Gasteiger partial charge < -0.3 is 15.7 Å². The second-order valence-electron chi connectivity index (χ2n) is 6.40. The number of rotatable bonds is 7. The molecule has 1 aromatic rings. The van der Waals surface area contributed by atoms with Crippen LogP contribution in [-0.4, -0.2) is 46.3 Å². The molecule has 138 valence electrons. The lowest BCUT2D eigenvalue weighted by Gasteiger charge is -2.25. The monoisotopic (exact) mass is 368 g/mol. The summed E-state index contributed by atoms with van der Waals surface area (Å²) in [5.74, 6) is -2.00. The molecule has 2 rings (SSSR count). The van der Waals surface area contributed by atoms with Crippen molar-refractivity contribution in [1.29, 1.82) is 0 Å².